The molecule has 3 unspecified atom stereocenters. The Balaban J connectivity index is 4.17. The van der Waals surface area contributed by atoms with Gasteiger partial charge in [-0.25, -0.2) is 0 Å². The highest BCUT2D eigenvalue weighted by molar-refractivity contribution is 4.87. The molecule has 0 aliphatic rings. The maximum atomic E-state index is 9.30. The van der Waals surface area contributed by atoms with Crippen LogP contribution < -0.4 is 11.1 Å². The summed E-state index contributed by atoms with van der Waals surface area (Å²) in [6, 6.07) is 0.303. The molecule has 0 radical (unpaired) electrons. The summed E-state index contributed by atoms with van der Waals surface area (Å²) in [5, 5.41) is 12.8. The highest BCUT2D eigenvalue weighted by Gasteiger charge is 2.25. The topological polar surface area (TPSA) is 58.3 Å². The van der Waals surface area contributed by atoms with E-state index in [0.717, 1.165) is 12.8 Å². The Hall–Kier alpha value is -0.120. The lowest BCUT2D eigenvalue weighted by atomic mass is 9.89. The molecule has 3 nitrogen and oxygen atoms in total. The van der Waals surface area contributed by atoms with Gasteiger partial charge in [0.05, 0.1) is 6.10 Å². The van der Waals surface area contributed by atoms with Gasteiger partial charge in [-0.05, 0) is 39.5 Å². The summed E-state index contributed by atoms with van der Waals surface area (Å²) < 4.78 is 0. The third-order valence-corrected chi connectivity index (χ3v) is 2.60. The summed E-state index contributed by atoms with van der Waals surface area (Å²) in [5.41, 5.74) is 5.80. The number of rotatable bonds is 7. The Morgan fingerprint density at radius 3 is 2.13 bits per heavy atom. The molecule has 15 heavy (non-hydrogen) atoms. The fourth-order valence-electron chi connectivity index (χ4n) is 2.27. The smallest absolute Gasteiger partial charge is 0.0526 e. The normalized spacial score (nSPS) is 20.0. The van der Waals surface area contributed by atoms with E-state index in [1.807, 2.05) is 6.92 Å². The second-order valence-electron chi connectivity index (χ2n) is 5.49. The molecule has 3 atom stereocenters. The van der Waals surface area contributed by atoms with Gasteiger partial charge in [0.15, 0.2) is 0 Å². The van der Waals surface area contributed by atoms with Crippen molar-refractivity contribution < 1.29 is 5.11 Å². The summed E-state index contributed by atoms with van der Waals surface area (Å²) in [4.78, 5) is 0. The van der Waals surface area contributed by atoms with Crippen molar-refractivity contribution in [2.75, 3.05) is 6.54 Å². The predicted molar refractivity (Wildman–Crippen MR) is 65.8 cm³/mol. The first kappa shape index (κ1) is 14.9. The molecule has 0 rings (SSSR count). The average Bonchev–Trinajstić information content (AvgIpc) is 2.00. The van der Waals surface area contributed by atoms with Crippen LogP contribution in [0.1, 0.15) is 47.5 Å². The maximum Gasteiger partial charge on any atom is 0.0526 e. The fraction of sp³-hybridized carbons (Fsp3) is 1.00. The lowest BCUT2D eigenvalue weighted by Crippen LogP contribution is -2.53. The van der Waals surface area contributed by atoms with E-state index in [-0.39, 0.29) is 11.6 Å². The Morgan fingerprint density at radius 2 is 1.80 bits per heavy atom. The molecule has 0 aromatic heterocycles. The highest BCUT2D eigenvalue weighted by Crippen LogP contribution is 2.16. The predicted octanol–water partition coefficient (Wildman–Crippen LogP) is 1.50. The van der Waals surface area contributed by atoms with Gasteiger partial charge < -0.3 is 16.2 Å². The van der Waals surface area contributed by atoms with Crippen molar-refractivity contribution in [3.8, 4) is 0 Å². The van der Waals surface area contributed by atoms with Crippen LogP contribution in [0.2, 0.25) is 0 Å². The minimum Gasteiger partial charge on any atom is -0.393 e. The summed E-state index contributed by atoms with van der Waals surface area (Å²) in [6.07, 6.45) is 1.58. The summed E-state index contributed by atoms with van der Waals surface area (Å²) in [7, 11) is 0. The molecule has 0 saturated heterocycles. The first-order valence-electron chi connectivity index (χ1n) is 5.95. The first-order chi connectivity index (χ1) is 6.79. The van der Waals surface area contributed by atoms with Gasteiger partial charge in [0.25, 0.3) is 0 Å². The standard InChI is InChI=1S/C12H28N2O/c1-9(2)7-12(5,8-13)14-10(3)6-11(4)15/h9-11,14-15H,6-8,13H2,1-5H3. The quantitative estimate of drug-likeness (QED) is 0.604. The van der Waals surface area contributed by atoms with Crippen molar-refractivity contribution in [2.45, 2.75) is 65.1 Å². The lowest BCUT2D eigenvalue weighted by Gasteiger charge is -2.35. The van der Waals surface area contributed by atoms with Crippen LogP contribution >= 0.6 is 0 Å². The number of hydrogen-bond acceptors (Lipinski definition) is 3. The van der Waals surface area contributed by atoms with E-state index in [4.69, 9.17) is 5.73 Å². The van der Waals surface area contributed by atoms with E-state index in [1.54, 1.807) is 0 Å². The van der Waals surface area contributed by atoms with Gasteiger partial charge in [-0.2, -0.15) is 0 Å². The summed E-state index contributed by atoms with van der Waals surface area (Å²) in [5.74, 6) is 0.629. The SMILES string of the molecule is CC(C)CC(C)(CN)NC(C)CC(C)O. The molecule has 92 valence electrons. The molecule has 0 heterocycles. The molecule has 0 aliphatic carbocycles. The molecule has 0 aromatic rings. The highest BCUT2D eigenvalue weighted by atomic mass is 16.3. The fourth-order valence-corrected chi connectivity index (χ4v) is 2.27. The number of hydrogen-bond donors (Lipinski definition) is 3. The molecule has 0 saturated carbocycles. The van der Waals surface area contributed by atoms with Crippen LogP contribution in [0.25, 0.3) is 0 Å². The second-order valence-corrected chi connectivity index (χ2v) is 5.49. The molecule has 3 heteroatoms. The number of nitrogens with one attached hydrogen (secondary N) is 1. The molecule has 0 bridgehead atoms. The Morgan fingerprint density at radius 1 is 1.27 bits per heavy atom. The van der Waals surface area contributed by atoms with Gasteiger partial charge in [0.2, 0.25) is 0 Å². The van der Waals surface area contributed by atoms with E-state index in [0.29, 0.717) is 18.5 Å². The zero-order chi connectivity index (χ0) is 12.1. The molecule has 0 aliphatic heterocycles. The van der Waals surface area contributed by atoms with E-state index in [2.05, 4.69) is 33.0 Å². The van der Waals surface area contributed by atoms with Gasteiger partial charge in [0, 0.05) is 18.1 Å². The minimum atomic E-state index is -0.256. The van der Waals surface area contributed by atoms with Crippen LogP contribution in [0, 0.1) is 5.92 Å². The minimum absolute atomic E-state index is 0.0114. The van der Waals surface area contributed by atoms with E-state index < -0.39 is 0 Å². The zero-order valence-corrected chi connectivity index (χ0v) is 10.9. The van der Waals surface area contributed by atoms with Gasteiger partial charge in [-0.3, -0.25) is 0 Å². The molecule has 4 N–H and O–H groups in total. The molecule has 0 spiro atoms. The van der Waals surface area contributed by atoms with Crippen LogP contribution in [-0.2, 0) is 0 Å². The maximum absolute atomic E-state index is 9.30. The van der Waals surface area contributed by atoms with E-state index >= 15 is 0 Å². The molecule has 0 aromatic carbocycles. The number of nitrogens with two attached hydrogens (primary N) is 1. The Kier molecular flexibility index (Phi) is 6.41. The van der Waals surface area contributed by atoms with Crippen LogP contribution in [0.15, 0.2) is 0 Å². The molecular formula is C12H28N2O. The van der Waals surface area contributed by atoms with Gasteiger partial charge in [-0.1, -0.05) is 13.8 Å². The summed E-state index contributed by atoms with van der Waals surface area (Å²) >= 11 is 0. The van der Waals surface area contributed by atoms with Gasteiger partial charge >= 0.3 is 0 Å². The third-order valence-electron chi connectivity index (χ3n) is 2.60. The Labute approximate surface area is 94.4 Å². The van der Waals surface area contributed by atoms with Crippen LogP contribution in [0.4, 0.5) is 0 Å². The number of aliphatic hydroxyl groups excluding tert-OH is 1. The third kappa shape index (κ3) is 6.88. The monoisotopic (exact) mass is 216 g/mol. The van der Waals surface area contributed by atoms with Crippen molar-refractivity contribution >= 4 is 0 Å². The van der Waals surface area contributed by atoms with E-state index in [1.165, 1.54) is 0 Å². The van der Waals surface area contributed by atoms with Gasteiger partial charge in [-0.15, -0.1) is 0 Å². The van der Waals surface area contributed by atoms with Crippen molar-refractivity contribution in [3.05, 3.63) is 0 Å². The van der Waals surface area contributed by atoms with Crippen LogP contribution in [0.3, 0.4) is 0 Å². The first-order valence-corrected chi connectivity index (χ1v) is 5.95. The van der Waals surface area contributed by atoms with Crippen LogP contribution in [0.5, 0.6) is 0 Å². The van der Waals surface area contributed by atoms with E-state index in [9.17, 15) is 5.11 Å². The largest absolute Gasteiger partial charge is 0.393 e. The van der Waals surface area contributed by atoms with Crippen molar-refractivity contribution in [1.82, 2.24) is 5.32 Å². The van der Waals surface area contributed by atoms with Crippen molar-refractivity contribution in [2.24, 2.45) is 11.7 Å². The average molecular weight is 216 g/mol. The summed E-state index contributed by atoms with van der Waals surface area (Å²) in [6.45, 7) is 11.1. The second kappa shape index (κ2) is 6.46. The number of aliphatic hydroxyl groups is 1. The molecular weight excluding hydrogens is 188 g/mol. The van der Waals surface area contributed by atoms with Crippen LogP contribution in [-0.4, -0.2) is 29.3 Å². The molecule has 0 fully saturated rings. The zero-order valence-electron chi connectivity index (χ0n) is 10.9. The Bertz CT molecular complexity index is 171. The van der Waals surface area contributed by atoms with Gasteiger partial charge in [0.1, 0.15) is 0 Å². The van der Waals surface area contributed by atoms with Crippen molar-refractivity contribution in [3.63, 3.8) is 0 Å². The lowest BCUT2D eigenvalue weighted by molar-refractivity contribution is 0.157. The van der Waals surface area contributed by atoms with Crippen molar-refractivity contribution in [1.29, 1.82) is 0 Å². The molecule has 0 amide bonds.